The molecule has 1 unspecified atom stereocenters. The van der Waals surface area contributed by atoms with Crippen LogP contribution >= 0.6 is 0 Å². The van der Waals surface area contributed by atoms with Gasteiger partial charge in [0.25, 0.3) is 0 Å². The first-order valence-electron chi connectivity index (χ1n) is 7.38. The first-order valence-corrected chi connectivity index (χ1v) is 7.38. The van der Waals surface area contributed by atoms with Crippen molar-refractivity contribution in [2.45, 2.75) is 51.3 Å². The van der Waals surface area contributed by atoms with Gasteiger partial charge < -0.3 is 15.8 Å². The van der Waals surface area contributed by atoms with E-state index in [4.69, 9.17) is 10.5 Å². The third kappa shape index (κ3) is 4.53. The van der Waals surface area contributed by atoms with Crippen LogP contribution in [0.5, 0.6) is 0 Å². The standard InChI is InChI=1S/C16H24N2O2/c1-12(14-7-9-15(17)10-8-14)18-16(19)20-11-13-5-3-2-4-6-13/h2-6,12,14-15H,7-11,17H2,1H3,(H,18,19). The number of rotatable bonds is 4. The van der Waals surface area contributed by atoms with E-state index >= 15 is 0 Å². The second-order valence-corrected chi connectivity index (χ2v) is 5.67. The summed E-state index contributed by atoms with van der Waals surface area (Å²) in [5.74, 6) is 0.513. The van der Waals surface area contributed by atoms with Gasteiger partial charge in [0.1, 0.15) is 6.61 Å². The van der Waals surface area contributed by atoms with Gasteiger partial charge in [-0.05, 0) is 44.1 Å². The van der Waals surface area contributed by atoms with Crippen molar-refractivity contribution in [1.82, 2.24) is 5.32 Å². The number of carbonyl (C=O) groups excluding carboxylic acids is 1. The Morgan fingerprint density at radius 3 is 2.60 bits per heavy atom. The van der Waals surface area contributed by atoms with Crippen molar-refractivity contribution >= 4 is 6.09 Å². The van der Waals surface area contributed by atoms with Crippen LogP contribution in [-0.2, 0) is 11.3 Å². The first kappa shape index (κ1) is 14.9. The number of hydrogen-bond acceptors (Lipinski definition) is 3. The van der Waals surface area contributed by atoms with E-state index in [9.17, 15) is 4.79 Å². The van der Waals surface area contributed by atoms with E-state index < -0.39 is 0 Å². The third-order valence-corrected chi connectivity index (χ3v) is 4.08. The molecule has 1 aromatic carbocycles. The number of benzene rings is 1. The minimum atomic E-state index is -0.337. The fourth-order valence-corrected chi connectivity index (χ4v) is 2.71. The van der Waals surface area contributed by atoms with Gasteiger partial charge in [0, 0.05) is 12.1 Å². The molecule has 110 valence electrons. The molecule has 1 aliphatic carbocycles. The summed E-state index contributed by atoms with van der Waals surface area (Å²) in [6.45, 7) is 2.36. The molecule has 0 radical (unpaired) electrons. The van der Waals surface area contributed by atoms with Crippen molar-refractivity contribution in [3.05, 3.63) is 35.9 Å². The van der Waals surface area contributed by atoms with Crippen molar-refractivity contribution in [2.24, 2.45) is 11.7 Å². The maximum absolute atomic E-state index is 11.8. The van der Waals surface area contributed by atoms with Gasteiger partial charge in [-0.2, -0.15) is 0 Å². The molecule has 2 rings (SSSR count). The SMILES string of the molecule is CC(NC(=O)OCc1ccccc1)C1CCC(N)CC1. The van der Waals surface area contributed by atoms with Crippen LogP contribution in [0.15, 0.2) is 30.3 Å². The Hall–Kier alpha value is -1.55. The molecule has 1 aliphatic rings. The number of nitrogens with two attached hydrogens (primary N) is 1. The molecule has 4 heteroatoms. The highest BCUT2D eigenvalue weighted by molar-refractivity contribution is 5.67. The molecule has 0 saturated heterocycles. The zero-order chi connectivity index (χ0) is 14.4. The van der Waals surface area contributed by atoms with E-state index in [-0.39, 0.29) is 12.1 Å². The molecule has 1 saturated carbocycles. The van der Waals surface area contributed by atoms with Gasteiger partial charge in [0.05, 0.1) is 0 Å². The molecule has 1 fully saturated rings. The van der Waals surface area contributed by atoms with E-state index in [1.165, 1.54) is 0 Å². The number of alkyl carbamates (subject to hydrolysis) is 1. The van der Waals surface area contributed by atoms with Crippen LogP contribution in [0.3, 0.4) is 0 Å². The maximum Gasteiger partial charge on any atom is 0.407 e. The fraction of sp³-hybridized carbons (Fsp3) is 0.562. The molecule has 0 bridgehead atoms. The molecule has 1 aromatic rings. The van der Waals surface area contributed by atoms with Gasteiger partial charge in [-0.1, -0.05) is 30.3 Å². The summed E-state index contributed by atoms with van der Waals surface area (Å²) in [5.41, 5.74) is 6.90. The van der Waals surface area contributed by atoms with Gasteiger partial charge in [0.2, 0.25) is 0 Å². The van der Waals surface area contributed by atoms with Crippen LogP contribution in [0.1, 0.15) is 38.2 Å². The normalized spacial score (nSPS) is 23.9. The molecule has 1 atom stereocenters. The Labute approximate surface area is 120 Å². The predicted octanol–water partition coefficient (Wildman–Crippen LogP) is 2.82. The van der Waals surface area contributed by atoms with Gasteiger partial charge in [0.15, 0.2) is 0 Å². The van der Waals surface area contributed by atoms with E-state index in [1.54, 1.807) is 0 Å². The molecule has 4 nitrogen and oxygen atoms in total. The highest BCUT2D eigenvalue weighted by Crippen LogP contribution is 2.25. The van der Waals surface area contributed by atoms with Crippen LogP contribution in [-0.4, -0.2) is 18.2 Å². The smallest absolute Gasteiger partial charge is 0.407 e. The number of hydrogen-bond donors (Lipinski definition) is 2. The van der Waals surface area contributed by atoms with Crippen LogP contribution < -0.4 is 11.1 Å². The molecular formula is C16H24N2O2. The molecule has 0 heterocycles. The van der Waals surface area contributed by atoms with Gasteiger partial charge in [-0.3, -0.25) is 0 Å². The highest BCUT2D eigenvalue weighted by Gasteiger charge is 2.24. The minimum absolute atomic E-state index is 0.144. The lowest BCUT2D eigenvalue weighted by atomic mass is 9.82. The Bertz CT molecular complexity index is 414. The molecule has 0 aliphatic heterocycles. The molecule has 20 heavy (non-hydrogen) atoms. The Morgan fingerprint density at radius 1 is 1.30 bits per heavy atom. The second kappa shape index (κ2) is 7.29. The van der Waals surface area contributed by atoms with Crippen molar-refractivity contribution in [3.8, 4) is 0 Å². The van der Waals surface area contributed by atoms with Crippen LogP contribution in [0.4, 0.5) is 4.79 Å². The zero-order valence-electron chi connectivity index (χ0n) is 12.0. The lowest BCUT2D eigenvalue weighted by Crippen LogP contribution is -2.41. The fourth-order valence-electron chi connectivity index (χ4n) is 2.71. The third-order valence-electron chi connectivity index (χ3n) is 4.08. The first-order chi connectivity index (χ1) is 9.65. The Kier molecular flexibility index (Phi) is 5.41. The van der Waals surface area contributed by atoms with Gasteiger partial charge >= 0.3 is 6.09 Å². The van der Waals surface area contributed by atoms with E-state index in [1.807, 2.05) is 37.3 Å². The largest absolute Gasteiger partial charge is 0.445 e. The van der Waals surface area contributed by atoms with Crippen molar-refractivity contribution in [1.29, 1.82) is 0 Å². The van der Waals surface area contributed by atoms with Gasteiger partial charge in [-0.25, -0.2) is 4.79 Å². The van der Waals surface area contributed by atoms with E-state index in [2.05, 4.69) is 5.32 Å². The lowest BCUT2D eigenvalue weighted by Gasteiger charge is -2.30. The molecule has 1 amide bonds. The predicted molar refractivity (Wildman–Crippen MR) is 79.2 cm³/mol. The summed E-state index contributed by atoms with van der Waals surface area (Å²) in [6, 6.07) is 10.2. The average Bonchev–Trinajstić information content (AvgIpc) is 2.47. The van der Waals surface area contributed by atoms with E-state index in [0.29, 0.717) is 18.6 Å². The monoisotopic (exact) mass is 276 g/mol. The summed E-state index contributed by atoms with van der Waals surface area (Å²) in [5, 5.41) is 2.93. The zero-order valence-corrected chi connectivity index (χ0v) is 12.0. The topological polar surface area (TPSA) is 64.3 Å². The minimum Gasteiger partial charge on any atom is -0.445 e. The van der Waals surface area contributed by atoms with Gasteiger partial charge in [-0.15, -0.1) is 0 Å². The van der Waals surface area contributed by atoms with E-state index in [0.717, 1.165) is 31.2 Å². The second-order valence-electron chi connectivity index (χ2n) is 5.67. The summed E-state index contributed by atoms with van der Waals surface area (Å²) < 4.78 is 5.24. The van der Waals surface area contributed by atoms with Crippen LogP contribution in [0.2, 0.25) is 0 Å². The number of nitrogens with one attached hydrogen (secondary N) is 1. The molecule has 0 aromatic heterocycles. The average molecular weight is 276 g/mol. The number of carbonyl (C=O) groups is 1. The number of amides is 1. The Balaban J connectivity index is 1.71. The molecular weight excluding hydrogens is 252 g/mol. The summed E-state index contributed by atoms with van der Waals surface area (Å²) in [7, 11) is 0. The van der Waals surface area contributed by atoms with Crippen LogP contribution in [0.25, 0.3) is 0 Å². The summed E-state index contributed by atoms with van der Waals surface area (Å²) in [4.78, 5) is 11.8. The molecule has 3 N–H and O–H groups in total. The molecule has 0 spiro atoms. The number of ether oxygens (including phenoxy) is 1. The quantitative estimate of drug-likeness (QED) is 0.888. The Morgan fingerprint density at radius 2 is 1.95 bits per heavy atom. The maximum atomic E-state index is 11.8. The van der Waals surface area contributed by atoms with Crippen LogP contribution in [0, 0.1) is 5.92 Å². The lowest BCUT2D eigenvalue weighted by molar-refractivity contribution is 0.130. The van der Waals surface area contributed by atoms with Crippen molar-refractivity contribution in [2.75, 3.05) is 0 Å². The van der Waals surface area contributed by atoms with Crippen molar-refractivity contribution in [3.63, 3.8) is 0 Å². The van der Waals surface area contributed by atoms with Crippen molar-refractivity contribution < 1.29 is 9.53 Å². The highest BCUT2D eigenvalue weighted by atomic mass is 16.5. The summed E-state index contributed by atoms with van der Waals surface area (Å²) in [6.07, 6.45) is 3.94. The summed E-state index contributed by atoms with van der Waals surface area (Å²) >= 11 is 0.